The van der Waals surface area contributed by atoms with E-state index in [2.05, 4.69) is 18.1 Å². The molecule has 0 aliphatic carbocycles. The molecule has 0 saturated carbocycles. The predicted molar refractivity (Wildman–Crippen MR) is 60.1 cm³/mol. The van der Waals surface area contributed by atoms with Crippen LogP contribution in [0.15, 0.2) is 28.9 Å². The minimum Gasteiger partial charge on any atom is -0.489 e. The molecule has 0 amide bonds. The first-order valence-corrected chi connectivity index (χ1v) is 5.25. The van der Waals surface area contributed by atoms with Gasteiger partial charge in [0, 0.05) is 12.0 Å². The van der Waals surface area contributed by atoms with Gasteiger partial charge in [-0.3, -0.25) is 0 Å². The van der Waals surface area contributed by atoms with Gasteiger partial charge in [0.25, 0.3) is 0 Å². The van der Waals surface area contributed by atoms with Crippen molar-refractivity contribution in [2.45, 2.75) is 19.4 Å². The smallest absolute Gasteiger partial charge is 0.230 e. The fourth-order valence-electron chi connectivity index (χ4n) is 2.10. The van der Waals surface area contributed by atoms with Gasteiger partial charge in [-0.05, 0) is 12.5 Å². The summed E-state index contributed by atoms with van der Waals surface area (Å²) in [5, 5.41) is 3.69. The summed E-state index contributed by atoms with van der Waals surface area (Å²) in [5.41, 5.74) is 8.69. The molecule has 0 spiro atoms. The number of fused-ring (bicyclic) bond motifs is 1. The third-order valence-corrected chi connectivity index (χ3v) is 2.81. The second-order valence-electron chi connectivity index (χ2n) is 4.03. The molecule has 3 rings (SSSR count). The number of ether oxygens (including phenoxy) is 1. The maximum absolute atomic E-state index is 5.79. The summed E-state index contributed by atoms with van der Waals surface area (Å²) in [6, 6.07) is 6.05. The molecule has 2 aromatic rings. The van der Waals surface area contributed by atoms with Crippen LogP contribution in [0.5, 0.6) is 5.75 Å². The second-order valence-corrected chi connectivity index (χ2v) is 4.03. The zero-order chi connectivity index (χ0) is 11.1. The second kappa shape index (κ2) is 3.27. The fraction of sp³-hybridized carbons (Fsp3) is 0.250. The third-order valence-electron chi connectivity index (χ3n) is 2.81. The Morgan fingerprint density at radius 1 is 1.38 bits per heavy atom. The Balaban J connectivity index is 2.17. The molecule has 1 unspecified atom stereocenters. The first-order valence-electron chi connectivity index (χ1n) is 5.25. The summed E-state index contributed by atoms with van der Waals surface area (Å²) < 4.78 is 10.7. The number of rotatable bonds is 1. The van der Waals surface area contributed by atoms with Gasteiger partial charge in [-0.15, -0.1) is 0 Å². The summed E-state index contributed by atoms with van der Waals surface area (Å²) in [6.07, 6.45) is 2.78. The van der Waals surface area contributed by atoms with E-state index in [0.29, 0.717) is 5.88 Å². The van der Waals surface area contributed by atoms with E-state index >= 15 is 0 Å². The quantitative estimate of drug-likeness (QED) is 0.794. The van der Waals surface area contributed by atoms with Crippen molar-refractivity contribution in [3.8, 4) is 16.9 Å². The number of aromatic nitrogens is 1. The molecule has 4 heteroatoms. The van der Waals surface area contributed by atoms with Crippen LogP contribution < -0.4 is 10.5 Å². The molecule has 0 fully saturated rings. The predicted octanol–water partition coefficient (Wildman–Crippen LogP) is 2.25. The van der Waals surface area contributed by atoms with Crippen LogP contribution in [0.25, 0.3) is 11.1 Å². The Hall–Kier alpha value is -1.97. The average Bonchev–Trinajstić information content (AvgIpc) is 2.82. The lowest BCUT2D eigenvalue weighted by Crippen LogP contribution is -2.05. The average molecular weight is 216 g/mol. The van der Waals surface area contributed by atoms with Crippen LogP contribution in [-0.2, 0) is 6.42 Å². The summed E-state index contributed by atoms with van der Waals surface area (Å²) in [7, 11) is 0. The molecule has 2 heterocycles. The van der Waals surface area contributed by atoms with Gasteiger partial charge in [-0.2, -0.15) is 0 Å². The molecule has 1 aromatic heterocycles. The lowest BCUT2D eigenvalue weighted by Gasteiger charge is -2.07. The minimum absolute atomic E-state index is 0.220. The maximum Gasteiger partial charge on any atom is 0.230 e. The van der Waals surface area contributed by atoms with Crippen molar-refractivity contribution in [3.05, 3.63) is 30.0 Å². The van der Waals surface area contributed by atoms with E-state index in [0.717, 1.165) is 23.3 Å². The van der Waals surface area contributed by atoms with Gasteiger partial charge >= 0.3 is 0 Å². The van der Waals surface area contributed by atoms with Crippen molar-refractivity contribution in [2.24, 2.45) is 0 Å². The number of benzene rings is 1. The van der Waals surface area contributed by atoms with E-state index in [1.165, 1.54) is 5.56 Å². The Bertz CT molecular complexity index is 534. The number of anilines is 1. The highest BCUT2D eigenvalue weighted by atomic mass is 16.5. The molecule has 1 atom stereocenters. The van der Waals surface area contributed by atoms with Crippen LogP contribution in [0.4, 0.5) is 5.88 Å². The minimum atomic E-state index is 0.220. The molecular formula is C12H12N2O2. The lowest BCUT2D eigenvalue weighted by atomic mass is 10.0. The Morgan fingerprint density at radius 2 is 2.25 bits per heavy atom. The van der Waals surface area contributed by atoms with Crippen LogP contribution >= 0.6 is 0 Å². The summed E-state index contributed by atoms with van der Waals surface area (Å²) in [4.78, 5) is 0. The van der Waals surface area contributed by atoms with Crippen molar-refractivity contribution in [3.63, 3.8) is 0 Å². The standard InChI is InChI=1S/C12H12N2O2/c1-7-5-8-3-2-4-9(11(8)15-7)10-6-14-16-12(10)13/h2-4,6-7H,5,13H2,1H3. The van der Waals surface area contributed by atoms with Crippen LogP contribution in [0.1, 0.15) is 12.5 Å². The Morgan fingerprint density at radius 3 is 3.00 bits per heavy atom. The van der Waals surface area contributed by atoms with Crippen LogP contribution in [0, 0.1) is 0 Å². The normalized spacial score (nSPS) is 18.2. The van der Waals surface area contributed by atoms with Crippen molar-refractivity contribution >= 4 is 5.88 Å². The molecule has 1 aliphatic heterocycles. The number of hydrogen-bond donors (Lipinski definition) is 1. The monoisotopic (exact) mass is 216 g/mol. The van der Waals surface area contributed by atoms with Gasteiger partial charge in [-0.25, -0.2) is 0 Å². The number of hydrogen-bond acceptors (Lipinski definition) is 4. The fourth-order valence-corrected chi connectivity index (χ4v) is 2.10. The molecule has 82 valence electrons. The SMILES string of the molecule is CC1Cc2cccc(-c3cnoc3N)c2O1. The molecule has 4 nitrogen and oxygen atoms in total. The van der Waals surface area contributed by atoms with E-state index in [1.807, 2.05) is 12.1 Å². The van der Waals surface area contributed by atoms with Gasteiger partial charge < -0.3 is 15.0 Å². The molecule has 1 aromatic carbocycles. The van der Waals surface area contributed by atoms with Crippen molar-refractivity contribution < 1.29 is 9.26 Å². The van der Waals surface area contributed by atoms with Crippen LogP contribution in [0.3, 0.4) is 0 Å². The van der Waals surface area contributed by atoms with Gasteiger partial charge in [0.15, 0.2) is 0 Å². The van der Waals surface area contributed by atoms with E-state index in [4.69, 9.17) is 15.0 Å². The highest BCUT2D eigenvalue weighted by Gasteiger charge is 2.23. The Labute approximate surface area is 93.0 Å². The number of nitrogens with two attached hydrogens (primary N) is 1. The molecule has 16 heavy (non-hydrogen) atoms. The maximum atomic E-state index is 5.79. The van der Waals surface area contributed by atoms with Crippen molar-refractivity contribution in [1.29, 1.82) is 0 Å². The van der Waals surface area contributed by atoms with Crippen molar-refractivity contribution in [2.75, 3.05) is 5.73 Å². The first-order chi connectivity index (χ1) is 7.75. The van der Waals surface area contributed by atoms with E-state index in [9.17, 15) is 0 Å². The van der Waals surface area contributed by atoms with Gasteiger partial charge in [0.1, 0.15) is 11.9 Å². The van der Waals surface area contributed by atoms with Crippen molar-refractivity contribution in [1.82, 2.24) is 5.16 Å². The molecule has 2 N–H and O–H groups in total. The highest BCUT2D eigenvalue weighted by Crippen LogP contribution is 2.40. The zero-order valence-corrected chi connectivity index (χ0v) is 8.93. The topological polar surface area (TPSA) is 61.3 Å². The molecule has 1 aliphatic rings. The molecular weight excluding hydrogens is 204 g/mol. The van der Waals surface area contributed by atoms with E-state index in [-0.39, 0.29) is 6.10 Å². The summed E-state index contributed by atoms with van der Waals surface area (Å²) in [5.74, 6) is 1.24. The van der Waals surface area contributed by atoms with Crippen LogP contribution in [0.2, 0.25) is 0 Å². The molecule has 0 radical (unpaired) electrons. The number of para-hydroxylation sites is 1. The van der Waals surface area contributed by atoms with Gasteiger partial charge in [-0.1, -0.05) is 23.4 Å². The summed E-state index contributed by atoms with van der Waals surface area (Å²) in [6.45, 7) is 2.06. The first kappa shape index (κ1) is 9.27. The lowest BCUT2D eigenvalue weighted by molar-refractivity contribution is 0.255. The largest absolute Gasteiger partial charge is 0.489 e. The Kier molecular flexibility index (Phi) is 1.89. The van der Waals surface area contributed by atoms with Gasteiger partial charge in [0.2, 0.25) is 5.88 Å². The summed E-state index contributed by atoms with van der Waals surface area (Å²) >= 11 is 0. The molecule has 0 bridgehead atoms. The zero-order valence-electron chi connectivity index (χ0n) is 8.93. The highest BCUT2D eigenvalue weighted by molar-refractivity contribution is 5.78. The van der Waals surface area contributed by atoms with E-state index < -0.39 is 0 Å². The number of nitrogen functional groups attached to an aromatic ring is 1. The molecule has 0 saturated heterocycles. The van der Waals surface area contributed by atoms with Crippen LogP contribution in [-0.4, -0.2) is 11.3 Å². The van der Waals surface area contributed by atoms with Gasteiger partial charge in [0.05, 0.1) is 11.8 Å². The van der Waals surface area contributed by atoms with E-state index in [1.54, 1.807) is 6.20 Å². The number of nitrogens with zero attached hydrogens (tertiary/aromatic N) is 1. The third kappa shape index (κ3) is 1.26.